The predicted molar refractivity (Wildman–Crippen MR) is 88.7 cm³/mol. The van der Waals surface area contributed by atoms with Gasteiger partial charge in [0.25, 0.3) is 5.91 Å². The van der Waals surface area contributed by atoms with Crippen molar-refractivity contribution in [1.29, 1.82) is 0 Å². The minimum absolute atomic E-state index is 0.0531. The van der Waals surface area contributed by atoms with Crippen LogP contribution in [0.2, 0.25) is 0 Å². The molecular formula is C14H15N9O. The molecule has 0 unspecified atom stereocenters. The maximum Gasteiger partial charge on any atom is 0.256 e. The Morgan fingerprint density at radius 2 is 2.12 bits per heavy atom. The topological polar surface area (TPSA) is 144 Å². The van der Waals surface area contributed by atoms with Crippen molar-refractivity contribution in [2.24, 2.45) is 10.2 Å². The average molecular weight is 325 g/mol. The van der Waals surface area contributed by atoms with Crippen LogP contribution in [0.1, 0.15) is 28.4 Å². The Balaban J connectivity index is 2.36. The highest BCUT2D eigenvalue weighted by Gasteiger charge is 2.13. The SMILES string of the molecule is CCn1ncc(C)c1NC(=O)c1cc(CN=[N+]=[N-])cc(N=[N+]=[N-])c1. The predicted octanol–water partition coefficient (Wildman–Crippen LogP) is 4.22. The fourth-order valence-electron chi connectivity index (χ4n) is 2.18. The van der Waals surface area contributed by atoms with Crippen LogP contribution in [0.3, 0.4) is 0 Å². The van der Waals surface area contributed by atoms with E-state index in [9.17, 15) is 4.79 Å². The summed E-state index contributed by atoms with van der Waals surface area (Å²) in [5.74, 6) is 0.235. The zero-order valence-corrected chi connectivity index (χ0v) is 13.2. The number of carbonyl (C=O) groups is 1. The van der Waals surface area contributed by atoms with E-state index in [1.165, 1.54) is 6.07 Å². The number of azide groups is 2. The number of hydrogen-bond acceptors (Lipinski definition) is 4. The first kappa shape index (κ1) is 16.9. The molecule has 1 amide bonds. The number of nitrogens with zero attached hydrogens (tertiary/aromatic N) is 8. The van der Waals surface area contributed by atoms with E-state index in [0.717, 1.165) is 5.56 Å². The van der Waals surface area contributed by atoms with Gasteiger partial charge in [-0.1, -0.05) is 10.2 Å². The molecular weight excluding hydrogens is 310 g/mol. The molecule has 0 radical (unpaired) electrons. The van der Waals surface area contributed by atoms with Crippen molar-refractivity contribution in [2.45, 2.75) is 26.9 Å². The largest absolute Gasteiger partial charge is 0.307 e. The number of carbonyl (C=O) groups excluding carboxylic acids is 1. The number of benzene rings is 1. The van der Waals surface area contributed by atoms with Crippen molar-refractivity contribution in [2.75, 3.05) is 5.32 Å². The van der Waals surface area contributed by atoms with Crippen molar-refractivity contribution >= 4 is 17.4 Å². The van der Waals surface area contributed by atoms with E-state index in [0.29, 0.717) is 23.5 Å². The molecule has 1 heterocycles. The smallest absolute Gasteiger partial charge is 0.256 e. The van der Waals surface area contributed by atoms with Gasteiger partial charge in [0.1, 0.15) is 5.82 Å². The average Bonchev–Trinajstić information content (AvgIpc) is 2.93. The van der Waals surface area contributed by atoms with Gasteiger partial charge in [-0.3, -0.25) is 4.79 Å². The van der Waals surface area contributed by atoms with Crippen LogP contribution < -0.4 is 5.32 Å². The third-order valence-corrected chi connectivity index (χ3v) is 3.27. The van der Waals surface area contributed by atoms with Crippen LogP contribution in [0.5, 0.6) is 0 Å². The number of anilines is 1. The molecule has 0 saturated carbocycles. The van der Waals surface area contributed by atoms with Gasteiger partial charge in [0, 0.05) is 33.2 Å². The number of nitrogens with one attached hydrogen (secondary N) is 1. The van der Waals surface area contributed by atoms with Crippen molar-refractivity contribution in [1.82, 2.24) is 9.78 Å². The fourth-order valence-corrected chi connectivity index (χ4v) is 2.18. The Morgan fingerprint density at radius 3 is 2.79 bits per heavy atom. The minimum atomic E-state index is -0.370. The number of hydrogen-bond donors (Lipinski definition) is 1. The van der Waals surface area contributed by atoms with Crippen molar-refractivity contribution in [3.8, 4) is 0 Å². The molecule has 10 nitrogen and oxygen atoms in total. The fraction of sp³-hybridized carbons (Fsp3) is 0.286. The molecule has 0 saturated heterocycles. The molecule has 10 heteroatoms. The highest BCUT2D eigenvalue weighted by molar-refractivity contribution is 6.04. The third-order valence-electron chi connectivity index (χ3n) is 3.27. The van der Waals surface area contributed by atoms with Crippen LogP contribution >= 0.6 is 0 Å². The van der Waals surface area contributed by atoms with Gasteiger partial charge < -0.3 is 5.32 Å². The lowest BCUT2D eigenvalue weighted by Crippen LogP contribution is -2.16. The molecule has 2 rings (SSSR count). The second-order valence-corrected chi connectivity index (χ2v) is 4.91. The molecule has 0 atom stereocenters. The molecule has 0 aliphatic carbocycles. The lowest BCUT2D eigenvalue weighted by atomic mass is 10.1. The number of aromatic nitrogens is 2. The number of rotatable bonds is 6. The Morgan fingerprint density at radius 1 is 1.33 bits per heavy atom. The molecule has 0 spiro atoms. The summed E-state index contributed by atoms with van der Waals surface area (Å²) in [7, 11) is 0. The summed E-state index contributed by atoms with van der Waals surface area (Å²) in [6.07, 6.45) is 1.67. The monoisotopic (exact) mass is 325 g/mol. The second-order valence-electron chi connectivity index (χ2n) is 4.91. The van der Waals surface area contributed by atoms with E-state index >= 15 is 0 Å². The molecule has 1 aromatic heterocycles. The first-order chi connectivity index (χ1) is 11.6. The number of amides is 1. The van der Waals surface area contributed by atoms with E-state index in [2.05, 4.69) is 30.5 Å². The van der Waals surface area contributed by atoms with E-state index in [1.807, 2.05) is 13.8 Å². The molecule has 122 valence electrons. The molecule has 0 fully saturated rings. The second kappa shape index (κ2) is 7.68. The quantitative estimate of drug-likeness (QED) is 0.481. The van der Waals surface area contributed by atoms with Crippen molar-refractivity contribution < 1.29 is 4.79 Å². The van der Waals surface area contributed by atoms with E-state index in [4.69, 9.17) is 11.1 Å². The molecule has 1 aromatic carbocycles. The Bertz CT molecular complexity index is 857. The summed E-state index contributed by atoms with van der Waals surface area (Å²) >= 11 is 0. The zero-order valence-electron chi connectivity index (χ0n) is 13.2. The van der Waals surface area contributed by atoms with Gasteiger partial charge >= 0.3 is 0 Å². The highest BCUT2D eigenvalue weighted by atomic mass is 16.1. The molecule has 2 aromatic rings. The molecule has 0 aliphatic heterocycles. The molecule has 24 heavy (non-hydrogen) atoms. The molecule has 1 N–H and O–H groups in total. The van der Waals surface area contributed by atoms with Gasteiger partial charge in [-0.15, -0.1) is 0 Å². The van der Waals surface area contributed by atoms with Crippen LogP contribution in [-0.4, -0.2) is 15.7 Å². The summed E-state index contributed by atoms with van der Waals surface area (Å²) in [6.45, 7) is 4.43. The number of aryl methyl sites for hydroxylation is 2. The van der Waals surface area contributed by atoms with Crippen LogP contribution in [0, 0.1) is 6.92 Å². The lowest BCUT2D eigenvalue weighted by Gasteiger charge is -2.10. The van der Waals surface area contributed by atoms with Gasteiger partial charge in [-0.25, -0.2) is 4.68 Å². The van der Waals surface area contributed by atoms with Crippen LogP contribution in [-0.2, 0) is 13.1 Å². The van der Waals surface area contributed by atoms with Gasteiger partial charge in [0.15, 0.2) is 0 Å². The van der Waals surface area contributed by atoms with Gasteiger partial charge in [-0.2, -0.15) is 5.10 Å². The third kappa shape index (κ3) is 3.83. The molecule has 0 aliphatic rings. The summed E-state index contributed by atoms with van der Waals surface area (Å²) < 4.78 is 1.67. The first-order valence-corrected chi connectivity index (χ1v) is 7.12. The normalized spacial score (nSPS) is 9.75. The standard InChI is InChI=1S/C14H15N9O/c1-3-23-13(9(2)7-18-23)19-14(24)11-4-10(8-17-21-15)5-12(6-11)20-22-16/h4-7H,3,8H2,1-2H3,(H,19,24). The van der Waals surface area contributed by atoms with Crippen molar-refractivity contribution in [3.63, 3.8) is 0 Å². The minimum Gasteiger partial charge on any atom is -0.307 e. The van der Waals surface area contributed by atoms with Crippen LogP contribution in [0.4, 0.5) is 11.5 Å². The summed E-state index contributed by atoms with van der Waals surface area (Å²) in [5, 5.41) is 13.9. The first-order valence-electron chi connectivity index (χ1n) is 7.12. The lowest BCUT2D eigenvalue weighted by molar-refractivity contribution is 0.102. The summed E-state index contributed by atoms with van der Waals surface area (Å²) in [6, 6.07) is 4.62. The van der Waals surface area contributed by atoms with Gasteiger partial charge in [0.05, 0.1) is 12.7 Å². The van der Waals surface area contributed by atoms with Crippen LogP contribution in [0.15, 0.2) is 34.6 Å². The maximum absolute atomic E-state index is 12.5. The van der Waals surface area contributed by atoms with Gasteiger partial charge in [0.2, 0.25) is 0 Å². The zero-order chi connectivity index (χ0) is 17.5. The summed E-state index contributed by atoms with van der Waals surface area (Å²) in [5.41, 5.74) is 19.0. The Hall–Kier alpha value is -3.48. The summed E-state index contributed by atoms with van der Waals surface area (Å²) in [4.78, 5) is 17.9. The van der Waals surface area contributed by atoms with Gasteiger partial charge in [-0.05, 0) is 48.7 Å². The highest BCUT2D eigenvalue weighted by Crippen LogP contribution is 2.21. The van der Waals surface area contributed by atoms with Crippen LogP contribution in [0.25, 0.3) is 20.9 Å². The van der Waals surface area contributed by atoms with Crippen molar-refractivity contribution in [3.05, 3.63) is 62.0 Å². The Labute approximate surface area is 137 Å². The molecule has 0 bridgehead atoms. The maximum atomic E-state index is 12.5. The van der Waals surface area contributed by atoms with E-state index in [-0.39, 0.29) is 18.1 Å². The Kier molecular flexibility index (Phi) is 5.40. The van der Waals surface area contributed by atoms with E-state index < -0.39 is 0 Å². The van der Waals surface area contributed by atoms with E-state index in [1.54, 1.807) is 23.0 Å².